The Morgan fingerprint density at radius 1 is 1.12 bits per heavy atom. The number of carbonyl (C=O) groups is 1. The number of benzene rings is 2. The monoisotopic (exact) mass is 365 g/mol. The van der Waals surface area contributed by atoms with E-state index in [1.807, 2.05) is 0 Å². The Labute approximate surface area is 145 Å². The minimum Gasteiger partial charge on any atom is -0.351 e. The fourth-order valence-electron chi connectivity index (χ4n) is 2.53. The third-order valence-corrected chi connectivity index (χ3v) is 3.92. The van der Waals surface area contributed by atoms with Crippen molar-refractivity contribution in [2.24, 2.45) is 5.73 Å². The molecular weight excluding hydrogens is 355 g/mol. The molecule has 0 unspecified atom stereocenters. The van der Waals surface area contributed by atoms with Crippen molar-refractivity contribution in [1.29, 1.82) is 0 Å². The number of carbonyl (C=O) groups excluding carboxylic acids is 1. The zero-order valence-corrected chi connectivity index (χ0v) is 13.3. The molecule has 3 rings (SSSR count). The van der Waals surface area contributed by atoms with Crippen LogP contribution < -0.4 is 10.6 Å². The van der Waals surface area contributed by atoms with Crippen LogP contribution in [0.5, 0.6) is 0 Å². The normalized spacial score (nSPS) is 11.5. The molecule has 1 heterocycles. The Balaban J connectivity index is 2.17. The van der Waals surface area contributed by atoms with Gasteiger partial charge < -0.3 is 5.73 Å². The number of amides is 2. The lowest BCUT2D eigenvalue weighted by molar-refractivity contribution is -0.137. The quantitative estimate of drug-likeness (QED) is 0.684. The summed E-state index contributed by atoms with van der Waals surface area (Å²) >= 11 is 5.76. The summed E-state index contributed by atoms with van der Waals surface area (Å²) in [5.41, 5.74) is 5.62. The molecule has 0 atom stereocenters. The molecule has 2 N–H and O–H groups in total. The van der Waals surface area contributed by atoms with E-state index in [1.54, 1.807) is 30.3 Å². The summed E-state index contributed by atoms with van der Waals surface area (Å²) in [6.45, 7) is 0. The molecule has 0 fully saturated rings. The van der Waals surface area contributed by atoms with Gasteiger partial charge in [0.2, 0.25) is 0 Å². The van der Waals surface area contributed by atoms with Crippen LogP contribution in [0, 0.1) is 0 Å². The van der Waals surface area contributed by atoms with Gasteiger partial charge in [-0.05, 0) is 30.3 Å². The first-order valence-corrected chi connectivity index (χ1v) is 7.47. The van der Waals surface area contributed by atoms with Crippen molar-refractivity contribution in [3.8, 4) is 0 Å². The molecular formula is C17H11ClF3N3O. The third-order valence-electron chi connectivity index (χ3n) is 3.60. The molecule has 8 heteroatoms. The average Bonchev–Trinajstić information content (AvgIpc) is 2.54. The Bertz CT molecular complexity index is 954. The van der Waals surface area contributed by atoms with Crippen LogP contribution in [0.15, 0.2) is 54.7 Å². The summed E-state index contributed by atoms with van der Waals surface area (Å²) < 4.78 is 38.6. The minimum absolute atomic E-state index is 0.127. The standard InChI is InChI=1S/C17H11ClF3N3O/c18-13-9-10(5-6-12(13)17(19,20)21)24(16(22)25)15-7-8-23-14-4-2-1-3-11(14)15/h1-9H,(H2,22,25). The van der Waals surface area contributed by atoms with Gasteiger partial charge in [0.05, 0.1) is 27.5 Å². The number of pyridine rings is 1. The number of anilines is 2. The van der Waals surface area contributed by atoms with Gasteiger partial charge in [0.15, 0.2) is 0 Å². The van der Waals surface area contributed by atoms with Crippen LogP contribution in [0.25, 0.3) is 10.9 Å². The zero-order valence-electron chi connectivity index (χ0n) is 12.6. The van der Waals surface area contributed by atoms with Gasteiger partial charge in [-0.25, -0.2) is 4.79 Å². The summed E-state index contributed by atoms with van der Waals surface area (Å²) in [4.78, 5) is 17.3. The highest BCUT2D eigenvalue weighted by molar-refractivity contribution is 6.31. The van der Waals surface area contributed by atoms with Crippen LogP contribution in [0.4, 0.5) is 29.3 Å². The summed E-state index contributed by atoms with van der Waals surface area (Å²) in [7, 11) is 0. The lowest BCUT2D eigenvalue weighted by atomic mass is 10.1. The number of urea groups is 1. The number of nitrogens with zero attached hydrogens (tertiary/aromatic N) is 2. The van der Waals surface area contributed by atoms with E-state index in [9.17, 15) is 18.0 Å². The first-order chi connectivity index (χ1) is 11.8. The SMILES string of the molecule is NC(=O)N(c1ccc(C(F)(F)F)c(Cl)c1)c1ccnc2ccccc12. The molecule has 4 nitrogen and oxygen atoms in total. The van der Waals surface area contributed by atoms with Crippen molar-refractivity contribution in [1.82, 2.24) is 4.98 Å². The number of halogens is 4. The molecule has 0 radical (unpaired) electrons. The summed E-state index contributed by atoms with van der Waals surface area (Å²) in [5, 5.41) is 0.106. The first kappa shape index (κ1) is 17.0. The van der Waals surface area contributed by atoms with Gasteiger partial charge in [-0.3, -0.25) is 9.88 Å². The van der Waals surface area contributed by atoms with Gasteiger partial charge in [-0.1, -0.05) is 29.8 Å². The minimum atomic E-state index is -4.59. The first-order valence-electron chi connectivity index (χ1n) is 7.09. The van der Waals surface area contributed by atoms with Gasteiger partial charge in [-0.15, -0.1) is 0 Å². The number of hydrogen-bond acceptors (Lipinski definition) is 2. The molecule has 2 amide bonds. The largest absolute Gasteiger partial charge is 0.417 e. The molecule has 1 aromatic heterocycles. The van der Waals surface area contributed by atoms with E-state index < -0.39 is 22.8 Å². The predicted molar refractivity (Wildman–Crippen MR) is 89.9 cm³/mol. The van der Waals surface area contributed by atoms with E-state index >= 15 is 0 Å². The third kappa shape index (κ3) is 3.23. The molecule has 0 saturated carbocycles. The number of primary amides is 1. The lowest BCUT2D eigenvalue weighted by Gasteiger charge is -2.23. The molecule has 25 heavy (non-hydrogen) atoms. The second-order valence-corrected chi connectivity index (χ2v) is 5.59. The lowest BCUT2D eigenvalue weighted by Crippen LogP contribution is -2.31. The topological polar surface area (TPSA) is 59.2 Å². The van der Waals surface area contributed by atoms with Crippen molar-refractivity contribution in [2.75, 3.05) is 4.90 Å². The highest BCUT2D eigenvalue weighted by Crippen LogP contribution is 2.38. The fraction of sp³-hybridized carbons (Fsp3) is 0.0588. The van der Waals surface area contributed by atoms with Gasteiger partial charge >= 0.3 is 12.2 Å². The number of fused-ring (bicyclic) bond motifs is 1. The van der Waals surface area contributed by atoms with Crippen molar-refractivity contribution in [2.45, 2.75) is 6.18 Å². The number of hydrogen-bond donors (Lipinski definition) is 1. The van der Waals surface area contributed by atoms with Gasteiger partial charge in [0.25, 0.3) is 0 Å². The maximum atomic E-state index is 12.9. The van der Waals surface area contributed by atoms with E-state index in [1.165, 1.54) is 6.20 Å². The Hall–Kier alpha value is -2.80. The van der Waals surface area contributed by atoms with E-state index in [4.69, 9.17) is 17.3 Å². The van der Waals surface area contributed by atoms with Crippen LogP contribution >= 0.6 is 11.6 Å². The number of nitrogens with two attached hydrogens (primary N) is 1. The van der Waals surface area contributed by atoms with Crippen molar-refractivity contribution < 1.29 is 18.0 Å². The fourth-order valence-corrected chi connectivity index (χ4v) is 2.82. The van der Waals surface area contributed by atoms with Crippen LogP contribution in [-0.4, -0.2) is 11.0 Å². The van der Waals surface area contributed by atoms with Gasteiger partial charge in [0.1, 0.15) is 0 Å². The summed E-state index contributed by atoms with van der Waals surface area (Å²) in [5.74, 6) is 0. The van der Waals surface area contributed by atoms with Crippen molar-refractivity contribution >= 4 is 39.9 Å². The van der Waals surface area contributed by atoms with Crippen LogP contribution in [0.2, 0.25) is 5.02 Å². The molecule has 0 aliphatic rings. The maximum absolute atomic E-state index is 12.9. The molecule has 3 aromatic rings. The second kappa shape index (κ2) is 6.25. The van der Waals surface area contributed by atoms with Crippen molar-refractivity contribution in [3.05, 3.63) is 65.3 Å². The predicted octanol–water partition coefficient (Wildman–Crippen LogP) is 5.12. The molecule has 128 valence electrons. The zero-order chi connectivity index (χ0) is 18.2. The van der Waals surface area contributed by atoms with Crippen LogP contribution in [0.1, 0.15) is 5.56 Å². The molecule has 2 aromatic carbocycles. The van der Waals surface area contributed by atoms with E-state index in [0.717, 1.165) is 23.1 Å². The van der Waals surface area contributed by atoms with Gasteiger partial charge in [0, 0.05) is 11.6 Å². The maximum Gasteiger partial charge on any atom is 0.417 e. The van der Waals surface area contributed by atoms with E-state index in [0.29, 0.717) is 16.6 Å². The highest BCUT2D eigenvalue weighted by Gasteiger charge is 2.33. The Morgan fingerprint density at radius 2 is 1.84 bits per heavy atom. The molecule has 0 spiro atoms. The number of alkyl halides is 3. The summed E-state index contributed by atoms with van der Waals surface area (Å²) in [6, 6.07) is 10.7. The molecule has 0 aliphatic heterocycles. The molecule has 0 aliphatic carbocycles. The van der Waals surface area contributed by atoms with E-state index in [-0.39, 0.29) is 5.69 Å². The van der Waals surface area contributed by atoms with Crippen LogP contribution in [-0.2, 0) is 6.18 Å². The average molecular weight is 366 g/mol. The second-order valence-electron chi connectivity index (χ2n) is 5.18. The van der Waals surface area contributed by atoms with Crippen molar-refractivity contribution in [3.63, 3.8) is 0 Å². The van der Waals surface area contributed by atoms with Gasteiger partial charge in [-0.2, -0.15) is 13.2 Å². The smallest absolute Gasteiger partial charge is 0.351 e. The number of aromatic nitrogens is 1. The molecule has 0 saturated heterocycles. The number of para-hydroxylation sites is 1. The summed E-state index contributed by atoms with van der Waals surface area (Å²) in [6.07, 6.45) is -3.10. The molecule has 0 bridgehead atoms. The Morgan fingerprint density at radius 3 is 2.48 bits per heavy atom. The Kier molecular flexibility index (Phi) is 4.26. The number of rotatable bonds is 2. The van der Waals surface area contributed by atoms with Crippen LogP contribution in [0.3, 0.4) is 0 Å². The van der Waals surface area contributed by atoms with E-state index in [2.05, 4.69) is 4.98 Å². The highest BCUT2D eigenvalue weighted by atomic mass is 35.5.